The lowest BCUT2D eigenvalue weighted by molar-refractivity contribution is -0.122. The second-order valence-electron chi connectivity index (χ2n) is 10.5. The molecule has 4 aromatic rings. The van der Waals surface area contributed by atoms with Crippen LogP contribution in [-0.4, -0.2) is 72.8 Å². The Morgan fingerprint density at radius 3 is 2.63 bits per heavy atom. The van der Waals surface area contributed by atoms with Crippen molar-refractivity contribution in [1.29, 1.82) is 0 Å². The number of aromatic nitrogens is 2. The first-order valence-corrected chi connectivity index (χ1v) is 15.1. The second-order valence-corrected chi connectivity index (χ2v) is 11.3. The van der Waals surface area contributed by atoms with Gasteiger partial charge in [-0.15, -0.1) is 0 Å². The molecule has 2 aromatic heterocycles. The SMILES string of the molecule is Cc1cc(N2CCOCC2)c2cccc(OCc3c(Cl)ccc(N(C)C(=O)CNC(=O)C=Cc4ccc(C(=O)O)nc4)c3Cl)c2n1. The lowest BCUT2D eigenvalue weighted by Gasteiger charge is -2.30. The Balaban J connectivity index is 1.26. The number of carbonyl (C=O) groups is 3. The molecule has 2 aromatic carbocycles. The zero-order chi connectivity index (χ0) is 32.8. The highest BCUT2D eigenvalue weighted by Crippen LogP contribution is 2.37. The first-order valence-electron chi connectivity index (χ1n) is 14.4. The molecule has 0 aliphatic carbocycles. The van der Waals surface area contributed by atoms with Crippen LogP contribution in [-0.2, 0) is 20.9 Å². The third-order valence-corrected chi connectivity index (χ3v) is 8.16. The van der Waals surface area contributed by atoms with Crippen molar-refractivity contribution in [3.8, 4) is 5.75 Å². The van der Waals surface area contributed by atoms with Crippen molar-refractivity contribution in [1.82, 2.24) is 15.3 Å². The Morgan fingerprint density at radius 1 is 1.13 bits per heavy atom. The minimum Gasteiger partial charge on any atom is -0.487 e. The van der Waals surface area contributed by atoms with Crippen LogP contribution in [0, 0.1) is 6.92 Å². The highest BCUT2D eigenvalue weighted by atomic mass is 35.5. The summed E-state index contributed by atoms with van der Waals surface area (Å²) in [6.45, 7) is 4.58. The number of benzene rings is 2. The summed E-state index contributed by atoms with van der Waals surface area (Å²) in [7, 11) is 1.55. The molecule has 0 atom stereocenters. The molecule has 238 valence electrons. The topological polar surface area (TPSA) is 134 Å². The van der Waals surface area contributed by atoms with E-state index in [0.29, 0.717) is 40.8 Å². The number of para-hydroxylation sites is 1. The van der Waals surface area contributed by atoms with E-state index in [2.05, 4.69) is 21.3 Å². The molecule has 0 saturated carbocycles. The maximum Gasteiger partial charge on any atom is 0.354 e. The predicted octanol–water partition coefficient (Wildman–Crippen LogP) is 5.15. The number of carboxylic acids is 1. The van der Waals surface area contributed by atoms with E-state index >= 15 is 0 Å². The van der Waals surface area contributed by atoms with Gasteiger partial charge in [0.2, 0.25) is 11.8 Å². The lowest BCUT2D eigenvalue weighted by Crippen LogP contribution is -2.37. The van der Waals surface area contributed by atoms with Gasteiger partial charge in [-0.1, -0.05) is 41.4 Å². The molecule has 1 aliphatic heterocycles. The fourth-order valence-corrected chi connectivity index (χ4v) is 5.52. The maximum absolute atomic E-state index is 13.0. The van der Waals surface area contributed by atoms with Gasteiger partial charge < -0.3 is 29.7 Å². The number of aromatic carboxylic acids is 1. The smallest absolute Gasteiger partial charge is 0.354 e. The molecule has 1 aliphatic rings. The van der Waals surface area contributed by atoms with Crippen molar-refractivity contribution < 1.29 is 29.0 Å². The average molecular weight is 665 g/mol. The molecular formula is C33H31Cl2N5O6. The van der Waals surface area contributed by atoms with E-state index in [1.54, 1.807) is 19.2 Å². The summed E-state index contributed by atoms with van der Waals surface area (Å²) in [6, 6.07) is 14.0. The van der Waals surface area contributed by atoms with Crippen molar-refractivity contribution in [3.63, 3.8) is 0 Å². The standard InChI is InChI=1S/C33H31Cl2N5O6/c1-20-16-27(40-12-14-45-15-13-40)22-4-3-5-28(32(22)38-20)46-19-23-24(34)8-10-26(31(23)35)39(2)30(42)18-37-29(41)11-7-21-6-9-25(33(43)44)36-17-21/h3-11,16-17H,12-15,18-19H2,1-2H3,(H,37,41)(H,43,44). The molecule has 0 spiro atoms. The number of nitrogens with zero attached hydrogens (tertiary/aromatic N) is 4. The number of carboxylic acid groups (broad SMARTS) is 1. The summed E-state index contributed by atoms with van der Waals surface area (Å²) < 4.78 is 11.8. The molecule has 0 unspecified atom stereocenters. The Hall–Kier alpha value is -4.71. The van der Waals surface area contributed by atoms with Crippen LogP contribution in [0.15, 0.2) is 60.8 Å². The number of pyridine rings is 2. The number of morpholine rings is 1. The van der Waals surface area contributed by atoms with Gasteiger partial charge in [-0.3, -0.25) is 9.59 Å². The van der Waals surface area contributed by atoms with Gasteiger partial charge in [0, 0.05) is 59.8 Å². The number of amides is 2. The van der Waals surface area contributed by atoms with Crippen LogP contribution in [0.1, 0.15) is 27.3 Å². The number of carbonyl (C=O) groups excluding carboxylic acids is 2. The van der Waals surface area contributed by atoms with E-state index in [1.165, 1.54) is 35.4 Å². The molecule has 13 heteroatoms. The van der Waals surface area contributed by atoms with Crippen LogP contribution in [0.4, 0.5) is 11.4 Å². The number of fused-ring (bicyclic) bond motifs is 1. The van der Waals surface area contributed by atoms with Crippen LogP contribution in [0.3, 0.4) is 0 Å². The zero-order valence-electron chi connectivity index (χ0n) is 25.1. The predicted molar refractivity (Wildman–Crippen MR) is 177 cm³/mol. The normalized spacial score (nSPS) is 13.2. The number of ether oxygens (including phenoxy) is 2. The summed E-state index contributed by atoms with van der Waals surface area (Å²) in [6.07, 6.45) is 4.01. The van der Waals surface area contributed by atoms with E-state index < -0.39 is 17.8 Å². The van der Waals surface area contributed by atoms with E-state index in [9.17, 15) is 14.4 Å². The molecule has 0 bridgehead atoms. The van der Waals surface area contributed by atoms with Crippen LogP contribution in [0.2, 0.25) is 10.0 Å². The molecule has 11 nitrogen and oxygen atoms in total. The summed E-state index contributed by atoms with van der Waals surface area (Å²) in [5, 5.41) is 13.1. The molecule has 0 radical (unpaired) electrons. The number of rotatable bonds is 10. The number of aryl methyl sites for hydroxylation is 1. The largest absolute Gasteiger partial charge is 0.487 e. The Morgan fingerprint density at radius 2 is 1.91 bits per heavy atom. The number of likely N-dealkylation sites (N-methyl/N-ethyl adjacent to an activating group) is 1. The Kier molecular flexibility index (Phi) is 10.4. The van der Waals surface area contributed by atoms with Gasteiger partial charge in [-0.2, -0.15) is 0 Å². The van der Waals surface area contributed by atoms with Crippen molar-refractivity contribution >= 4 is 69.3 Å². The Labute approximate surface area is 275 Å². The first kappa shape index (κ1) is 32.7. The highest BCUT2D eigenvalue weighted by Gasteiger charge is 2.21. The number of nitrogens with one attached hydrogen (secondary N) is 1. The van der Waals surface area contributed by atoms with Crippen LogP contribution >= 0.6 is 23.2 Å². The van der Waals surface area contributed by atoms with Crippen LogP contribution in [0.5, 0.6) is 5.75 Å². The van der Waals surface area contributed by atoms with Crippen molar-refractivity contribution in [3.05, 3.63) is 93.4 Å². The van der Waals surface area contributed by atoms with E-state index in [-0.39, 0.29) is 23.9 Å². The van der Waals surface area contributed by atoms with Gasteiger partial charge in [0.05, 0.1) is 30.5 Å². The summed E-state index contributed by atoms with van der Waals surface area (Å²) >= 11 is 13.3. The molecule has 46 heavy (non-hydrogen) atoms. The third-order valence-electron chi connectivity index (χ3n) is 7.38. The fourth-order valence-electron chi connectivity index (χ4n) is 4.91. The molecular weight excluding hydrogens is 633 g/mol. The molecule has 2 amide bonds. The second kappa shape index (κ2) is 14.6. The van der Waals surface area contributed by atoms with E-state index in [4.69, 9.17) is 42.8 Å². The summed E-state index contributed by atoms with van der Waals surface area (Å²) in [4.78, 5) is 48.4. The first-order chi connectivity index (χ1) is 22.1. The van der Waals surface area contributed by atoms with E-state index in [1.807, 2.05) is 25.1 Å². The van der Waals surface area contributed by atoms with Gasteiger partial charge >= 0.3 is 5.97 Å². The van der Waals surface area contributed by atoms with Gasteiger partial charge in [-0.05, 0) is 48.9 Å². The minimum atomic E-state index is -1.15. The van der Waals surface area contributed by atoms with E-state index in [0.717, 1.165) is 35.4 Å². The van der Waals surface area contributed by atoms with Crippen LogP contribution < -0.4 is 19.9 Å². The highest BCUT2D eigenvalue weighted by molar-refractivity contribution is 6.38. The monoisotopic (exact) mass is 663 g/mol. The van der Waals surface area contributed by atoms with Crippen molar-refractivity contribution in [2.24, 2.45) is 0 Å². The van der Waals surface area contributed by atoms with Gasteiger partial charge in [0.25, 0.3) is 0 Å². The van der Waals surface area contributed by atoms with Gasteiger partial charge in [0.1, 0.15) is 23.6 Å². The zero-order valence-corrected chi connectivity index (χ0v) is 26.6. The average Bonchev–Trinajstić information content (AvgIpc) is 3.06. The summed E-state index contributed by atoms with van der Waals surface area (Å²) in [5.41, 5.74) is 3.96. The van der Waals surface area contributed by atoms with Gasteiger partial charge in [-0.25, -0.2) is 14.8 Å². The molecule has 1 saturated heterocycles. The number of hydrogen-bond acceptors (Lipinski definition) is 8. The lowest BCUT2D eigenvalue weighted by atomic mass is 10.1. The Bertz CT molecular complexity index is 1810. The van der Waals surface area contributed by atoms with Crippen molar-refractivity contribution in [2.45, 2.75) is 13.5 Å². The molecule has 5 rings (SSSR count). The fraction of sp³-hybridized carbons (Fsp3) is 0.242. The molecule has 1 fully saturated rings. The maximum atomic E-state index is 13.0. The third kappa shape index (κ3) is 7.56. The number of halogens is 2. The minimum absolute atomic E-state index is 0.0268. The van der Waals surface area contributed by atoms with Crippen LogP contribution in [0.25, 0.3) is 17.0 Å². The van der Waals surface area contributed by atoms with Gasteiger partial charge in [0.15, 0.2) is 0 Å². The number of hydrogen-bond donors (Lipinski definition) is 2. The van der Waals surface area contributed by atoms with Crippen molar-refractivity contribution in [2.75, 3.05) is 49.7 Å². The number of anilines is 2. The molecule has 3 heterocycles. The molecule has 2 N–H and O–H groups in total. The summed E-state index contributed by atoms with van der Waals surface area (Å²) in [5.74, 6) is -1.51. The quantitative estimate of drug-likeness (QED) is 0.221.